The Balaban J connectivity index is 2.04. The Labute approximate surface area is 117 Å². The SMILES string of the molecule is CC(NCC1CCCC1O)c1ccccc1C(F)(F)F. The van der Waals surface area contributed by atoms with E-state index in [4.69, 9.17) is 0 Å². The first-order valence-corrected chi connectivity index (χ1v) is 6.97. The van der Waals surface area contributed by atoms with Crippen molar-refractivity contribution >= 4 is 0 Å². The van der Waals surface area contributed by atoms with E-state index in [2.05, 4.69) is 5.32 Å². The fourth-order valence-electron chi connectivity index (χ4n) is 2.83. The molecular weight excluding hydrogens is 267 g/mol. The van der Waals surface area contributed by atoms with Gasteiger partial charge in [0, 0.05) is 12.6 Å². The number of aliphatic hydroxyl groups excluding tert-OH is 1. The van der Waals surface area contributed by atoms with E-state index in [9.17, 15) is 18.3 Å². The first-order chi connectivity index (χ1) is 9.39. The highest BCUT2D eigenvalue weighted by molar-refractivity contribution is 5.32. The Bertz CT molecular complexity index is 447. The minimum atomic E-state index is -4.33. The van der Waals surface area contributed by atoms with E-state index < -0.39 is 11.7 Å². The Morgan fingerprint density at radius 3 is 2.60 bits per heavy atom. The van der Waals surface area contributed by atoms with Crippen LogP contribution in [0.4, 0.5) is 13.2 Å². The third kappa shape index (κ3) is 3.52. The summed E-state index contributed by atoms with van der Waals surface area (Å²) in [7, 11) is 0. The summed E-state index contributed by atoms with van der Waals surface area (Å²) in [5.41, 5.74) is -0.334. The van der Waals surface area contributed by atoms with Crippen LogP contribution < -0.4 is 5.32 Å². The van der Waals surface area contributed by atoms with Gasteiger partial charge in [0.25, 0.3) is 0 Å². The maximum Gasteiger partial charge on any atom is 0.416 e. The molecule has 3 unspecified atom stereocenters. The van der Waals surface area contributed by atoms with Crippen LogP contribution in [0.2, 0.25) is 0 Å². The molecule has 0 bridgehead atoms. The highest BCUT2D eigenvalue weighted by atomic mass is 19.4. The number of alkyl halides is 3. The molecule has 1 aromatic rings. The quantitative estimate of drug-likeness (QED) is 0.888. The van der Waals surface area contributed by atoms with Crippen molar-refractivity contribution in [2.75, 3.05) is 6.54 Å². The van der Waals surface area contributed by atoms with Gasteiger partial charge in [-0.05, 0) is 37.3 Å². The van der Waals surface area contributed by atoms with E-state index in [1.165, 1.54) is 12.1 Å². The van der Waals surface area contributed by atoms with E-state index >= 15 is 0 Å². The molecule has 5 heteroatoms. The average molecular weight is 287 g/mol. The van der Waals surface area contributed by atoms with Crippen LogP contribution in [0, 0.1) is 5.92 Å². The zero-order valence-electron chi connectivity index (χ0n) is 11.5. The summed E-state index contributed by atoms with van der Waals surface area (Å²) < 4.78 is 38.8. The van der Waals surface area contributed by atoms with Crippen LogP contribution in [-0.2, 0) is 6.18 Å². The van der Waals surface area contributed by atoms with Crippen molar-refractivity contribution in [3.05, 3.63) is 35.4 Å². The van der Waals surface area contributed by atoms with Gasteiger partial charge in [0.1, 0.15) is 0 Å². The molecule has 2 N–H and O–H groups in total. The minimum Gasteiger partial charge on any atom is -0.393 e. The maximum atomic E-state index is 12.9. The summed E-state index contributed by atoms with van der Waals surface area (Å²) in [5, 5.41) is 12.9. The van der Waals surface area contributed by atoms with Gasteiger partial charge in [0.2, 0.25) is 0 Å². The molecule has 0 aromatic heterocycles. The molecule has 112 valence electrons. The molecule has 2 rings (SSSR count). The molecule has 3 atom stereocenters. The molecule has 0 radical (unpaired) electrons. The number of nitrogens with one attached hydrogen (secondary N) is 1. The summed E-state index contributed by atoms with van der Waals surface area (Å²) in [6.07, 6.45) is -1.95. The molecule has 2 nitrogen and oxygen atoms in total. The van der Waals surface area contributed by atoms with E-state index in [1.807, 2.05) is 0 Å². The molecule has 1 saturated carbocycles. The summed E-state index contributed by atoms with van der Waals surface area (Å²) in [4.78, 5) is 0. The second kappa shape index (κ2) is 6.14. The van der Waals surface area contributed by atoms with E-state index in [1.54, 1.807) is 13.0 Å². The molecule has 0 aliphatic heterocycles. The Morgan fingerprint density at radius 1 is 1.30 bits per heavy atom. The molecule has 0 amide bonds. The summed E-state index contributed by atoms with van der Waals surface area (Å²) in [6.45, 7) is 2.28. The number of hydrogen-bond donors (Lipinski definition) is 2. The van der Waals surface area contributed by atoms with Crippen molar-refractivity contribution in [3.63, 3.8) is 0 Å². The fourth-order valence-corrected chi connectivity index (χ4v) is 2.83. The largest absolute Gasteiger partial charge is 0.416 e. The van der Waals surface area contributed by atoms with Crippen molar-refractivity contribution in [1.82, 2.24) is 5.32 Å². The zero-order chi connectivity index (χ0) is 14.8. The number of halogens is 3. The van der Waals surface area contributed by atoms with E-state index in [0.29, 0.717) is 6.54 Å². The molecule has 1 fully saturated rings. The second-order valence-corrected chi connectivity index (χ2v) is 5.47. The van der Waals surface area contributed by atoms with Gasteiger partial charge in [0.05, 0.1) is 11.7 Å². The van der Waals surface area contributed by atoms with E-state index in [0.717, 1.165) is 25.3 Å². The number of rotatable bonds is 4. The van der Waals surface area contributed by atoms with Gasteiger partial charge < -0.3 is 10.4 Å². The number of aliphatic hydroxyl groups is 1. The van der Waals surface area contributed by atoms with Gasteiger partial charge in [-0.15, -0.1) is 0 Å². The number of benzene rings is 1. The summed E-state index contributed by atoms with van der Waals surface area (Å²) in [5.74, 6) is 0.149. The van der Waals surface area contributed by atoms with Crippen LogP contribution in [0.5, 0.6) is 0 Å². The average Bonchev–Trinajstić information content (AvgIpc) is 2.80. The first-order valence-electron chi connectivity index (χ1n) is 6.97. The summed E-state index contributed by atoms with van der Waals surface area (Å²) in [6, 6.07) is 5.25. The third-order valence-electron chi connectivity index (χ3n) is 4.04. The van der Waals surface area contributed by atoms with Crippen LogP contribution in [0.1, 0.15) is 43.4 Å². The molecule has 0 saturated heterocycles. The molecule has 0 spiro atoms. The first kappa shape index (κ1) is 15.3. The monoisotopic (exact) mass is 287 g/mol. The second-order valence-electron chi connectivity index (χ2n) is 5.47. The minimum absolute atomic E-state index is 0.149. The van der Waals surface area contributed by atoms with Crippen LogP contribution in [-0.4, -0.2) is 17.8 Å². The molecule has 1 aliphatic carbocycles. The Kier molecular flexibility index (Phi) is 4.70. The van der Waals surface area contributed by atoms with Crippen molar-refractivity contribution < 1.29 is 18.3 Å². The van der Waals surface area contributed by atoms with Crippen LogP contribution in [0.25, 0.3) is 0 Å². The van der Waals surface area contributed by atoms with Crippen molar-refractivity contribution in [2.45, 2.75) is 44.5 Å². The van der Waals surface area contributed by atoms with Crippen LogP contribution in [0.3, 0.4) is 0 Å². The van der Waals surface area contributed by atoms with Gasteiger partial charge >= 0.3 is 6.18 Å². The van der Waals surface area contributed by atoms with Gasteiger partial charge in [-0.25, -0.2) is 0 Å². The van der Waals surface area contributed by atoms with Crippen molar-refractivity contribution in [1.29, 1.82) is 0 Å². The van der Waals surface area contributed by atoms with Crippen LogP contribution in [0.15, 0.2) is 24.3 Å². The van der Waals surface area contributed by atoms with Crippen molar-refractivity contribution in [2.24, 2.45) is 5.92 Å². The molecule has 0 heterocycles. The standard InChI is InChI=1S/C15H20F3NO/c1-10(19-9-11-5-4-8-14(11)20)12-6-2-3-7-13(12)15(16,17)18/h2-3,6-7,10-11,14,19-20H,4-5,8-9H2,1H3. The molecular formula is C15H20F3NO. The fraction of sp³-hybridized carbons (Fsp3) is 0.600. The molecule has 20 heavy (non-hydrogen) atoms. The Morgan fingerprint density at radius 2 is 2.00 bits per heavy atom. The van der Waals surface area contributed by atoms with Gasteiger partial charge in [-0.3, -0.25) is 0 Å². The third-order valence-corrected chi connectivity index (χ3v) is 4.04. The highest BCUT2D eigenvalue weighted by Gasteiger charge is 2.34. The molecule has 1 aliphatic rings. The highest BCUT2D eigenvalue weighted by Crippen LogP contribution is 2.34. The van der Waals surface area contributed by atoms with E-state index in [-0.39, 0.29) is 23.6 Å². The smallest absolute Gasteiger partial charge is 0.393 e. The lowest BCUT2D eigenvalue weighted by Crippen LogP contribution is -2.30. The number of hydrogen-bond acceptors (Lipinski definition) is 2. The van der Waals surface area contributed by atoms with Crippen molar-refractivity contribution in [3.8, 4) is 0 Å². The lowest BCUT2D eigenvalue weighted by atomic mass is 9.99. The zero-order valence-corrected chi connectivity index (χ0v) is 11.5. The van der Waals surface area contributed by atoms with Crippen LogP contribution >= 0.6 is 0 Å². The normalized spacial score (nSPS) is 24.9. The van der Waals surface area contributed by atoms with Gasteiger partial charge in [0.15, 0.2) is 0 Å². The Hall–Kier alpha value is -1.07. The predicted octanol–water partition coefficient (Wildman–Crippen LogP) is 3.52. The molecule has 1 aromatic carbocycles. The van der Waals surface area contributed by atoms with Gasteiger partial charge in [-0.2, -0.15) is 13.2 Å². The maximum absolute atomic E-state index is 12.9. The lowest BCUT2D eigenvalue weighted by Gasteiger charge is -2.22. The predicted molar refractivity (Wildman–Crippen MR) is 71.2 cm³/mol. The van der Waals surface area contributed by atoms with Gasteiger partial charge in [-0.1, -0.05) is 24.6 Å². The lowest BCUT2D eigenvalue weighted by molar-refractivity contribution is -0.138. The topological polar surface area (TPSA) is 32.3 Å². The summed E-state index contributed by atoms with van der Waals surface area (Å²) >= 11 is 0.